The maximum Gasteiger partial charge on any atom is 0.234 e. The summed E-state index contributed by atoms with van der Waals surface area (Å²) in [5, 5.41) is 3.69. The van der Waals surface area contributed by atoms with Crippen LogP contribution in [0.4, 0.5) is 5.69 Å². The van der Waals surface area contributed by atoms with Gasteiger partial charge in [0, 0.05) is 5.69 Å². The van der Waals surface area contributed by atoms with E-state index in [0.29, 0.717) is 5.75 Å². The van der Waals surface area contributed by atoms with E-state index < -0.39 is 0 Å². The summed E-state index contributed by atoms with van der Waals surface area (Å²) in [6.07, 6.45) is 1.93. The van der Waals surface area contributed by atoms with Gasteiger partial charge in [0.1, 0.15) is 0 Å². The number of rotatable bonds is 5. The topological polar surface area (TPSA) is 54.9 Å². The van der Waals surface area contributed by atoms with Crippen molar-refractivity contribution >= 4 is 46.7 Å². The Labute approximate surface area is 130 Å². The standard InChI is InChI=1S/C13H15N3OS3/c1-8-5-4-6-10(9(8)2)14-11(17)7-19-13-15-12(18-3)16-20-13/h4-6H,7H2,1-3H3,(H,14,17). The quantitative estimate of drug-likeness (QED) is 0.851. The average molecular weight is 325 g/mol. The van der Waals surface area contributed by atoms with Gasteiger partial charge in [-0.1, -0.05) is 35.7 Å². The molecular weight excluding hydrogens is 310 g/mol. The van der Waals surface area contributed by atoms with Gasteiger partial charge in [-0.3, -0.25) is 4.79 Å². The lowest BCUT2D eigenvalue weighted by Crippen LogP contribution is -2.15. The molecule has 2 rings (SSSR count). The fourth-order valence-electron chi connectivity index (χ4n) is 1.54. The third kappa shape index (κ3) is 3.97. The molecule has 0 saturated heterocycles. The first-order valence-electron chi connectivity index (χ1n) is 5.96. The molecule has 0 aliphatic carbocycles. The minimum Gasteiger partial charge on any atom is -0.325 e. The summed E-state index contributed by atoms with van der Waals surface area (Å²) in [6.45, 7) is 4.04. The predicted molar refractivity (Wildman–Crippen MR) is 87.0 cm³/mol. The number of thioether (sulfide) groups is 2. The number of aryl methyl sites for hydroxylation is 1. The van der Waals surface area contributed by atoms with Gasteiger partial charge in [0.2, 0.25) is 11.1 Å². The lowest BCUT2D eigenvalue weighted by molar-refractivity contribution is -0.113. The van der Waals surface area contributed by atoms with Crippen LogP contribution in [0, 0.1) is 13.8 Å². The molecule has 0 aliphatic rings. The molecule has 0 unspecified atom stereocenters. The zero-order valence-electron chi connectivity index (χ0n) is 11.5. The van der Waals surface area contributed by atoms with Crippen LogP contribution in [0.15, 0.2) is 27.7 Å². The summed E-state index contributed by atoms with van der Waals surface area (Å²) < 4.78 is 4.99. The van der Waals surface area contributed by atoms with Crippen molar-refractivity contribution in [3.8, 4) is 0 Å². The summed E-state index contributed by atoms with van der Waals surface area (Å²) in [7, 11) is 0. The molecule has 7 heteroatoms. The van der Waals surface area contributed by atoms with Crippen LogP contribution in [0.2, 0.25) is 0 Å². The van der Waals surface area contributed by atoms with Crippen LogP contribution in [0.25, 0.3) is 0 Å². The smallest absolute Gasteiger partial charge is 0.234 e. The first kappa shape index (κ1) is 15.3. The van der Waals surface area contributed by atoms with Crippen molar-refractivity contribution in [3.05, 3.63) is 29.3 Å². The predicted octanol–water partition coefficient (Wildman–Crippen LogP) is 3.61. The van der Waals surface area contributed by atoms with E-state index in [-0.39, 0.29) is 5.91 Å². The highest BCUT2D eigenvalue weighted by Gasteiger charge is 2.09. The van der Waals surface area contributed by atoms with Gasteiger partial charge in [-0.2, -0.15) is 4.37 Å². The van der Waals surface area contributed by atoms with E-state index in [2.05, 4.69) is 14.7 Å². The van der Waals surface area contributed by atoms with Gasteiger partial charge in [0.15, 0.2) is 4.34 Å². The van der Waals surface area contributed by atoms with E-state index in [0.717, 1.165) is 20.7 Å². The second-order valence-electron chi connectivity index (χ2n) is 4.13. The fourth-order valence-corrected chi connectivity index (χ4v) is 3.55. The fraction of sp³-hybridized carbons (Fsp3) is 0.308. The molecule has 1 N–H and O–H groups in total. The molecule has 1 heterocycles. The Balaban J connectivity index is 1.91. The molecular formula is C13H15N3OS3. The van der Waals surface area contributed by atoms with Crippen molar-refractivity contribution in [1.29, 1.82) is 0 Å². The van der Waals surface area contributed by atoms with E-state index in [1.807, 2.05) is 38.3 Å². The largest absolute Gasteiger partial charge is 0.325 e. The third-order valence-electron chi connectivity index (χ3n) is 2.78. The molecule has 1 aromatic carbocycles. The van der Waals surface area contributed by atoms with Gasteiger partial charge >= 0.3 is 0 Å². The van der Waals surface area contributed by atoms with E-state index in [1.165, 1.54) is 40.6 Å². The zero-order chi connectivity index (χ0) is 14.5. The highest BCUT2D eigenvalue weighted by molar-refractivity contribution is 8.01. The molecule has 0 aliphatic heterocycles. The molecule has 0 spiro atoms. The minimum absolute atomic E-state index is 0.0235. The van der Waals surface area contributed by atoms with Crippen LogP contribution >= 0.6 is 35.1 Å². The van der Waals surface area contributed by atoms with Crippen LogP contribution < -0.4 is 5.32 Å². The van der Waals surface area contributed by atoms with Gasteiger partial charge in [0.05, 0.1) is 5.75 Å². The number of carbonyl (C=O) groups excluding carboxylic acids is 1. The maximum absolute atomic E-state index is 11.9. The molecule has 0 saturated carbocycles. The summed E-state index contributed by atoms with van der Waals surface area (Å²) >= 11 is 4.25. The molecule has 20 heavy (non-hydrogen) atoms. The Morgan fingerprint density at radius 1 is 1.40 bits per heavy atom. The second kappa shape index (κ2) is 7.10. The lowest BCUT2D eigenvalue weighted by atomic mass is 10.1. The number of hydrogen-bond donors (Lipinski definition) is 1. The summed E-state index contributed by atoms with van der Waals surface area (Å²) in [6, 6.07) is 5.90. The van der Waals surface area contributed by atoms with Crippen molar-refractivity contribution in [2.24, 2.45) is 0 Å². The van der Waals surface area contributed by atoms with Gasteiger partial charge in [-0.15, -0.1) is 0 Å². The molecule has 4 nitrogen and oxygen atoms in total. The number of aromatic nitrogens is 2. The Morgan fingerprint density at radius 2 is 2.20 bits per heavy atom. The van der Waals surface area contributed by atoms with Crippen molar-refractivity contribution < 1.29 is 4.79 Å². The van der Waals surface area contributed by atoms with Crippen LogP contribution in [-0.4, -0.2) is 27.3 Å². The van der Waals surface area contributed by atoms with Crippen molar-refractivity contribution in [1.82, 2.24) is 9.36 Å². The third-order valence-corrected chi connectivity index (χ3v) is 5.27. The van der Waals surface area contributed by atoms with Crippen molar-refractivity contribution in [2.45, 2.75) is 23.3 Å². The minimum atomic E-state index is -0.0235. The number of nitrogens with one attached hydrogen (secondary N) is 1. The van der Waals surface area contributed by atoms with Gasteiger partial charge < -0.3 is 5.32 Å². The molecule has 0 atom stereocenters. The zero-order valence-corrected chi connectivity index (χ0v) is 13.9. The van der Waals surface area contributed by atoms with Crippen molar-refractivity contribution in [2.75, 3.05) is 17.3 Å². The Hall–Kier alpha value is -1.05. The number of carbonyl (C=O) groups is 1. The molecule has 1 amide bonds. The summed E-state index contributed by atoms with van der Waals surface area (Å²) in [5.74, 6) is 0.320. The summed E-state index contributed by atoms with van der Waals surface area (Å²) in [5.41, 5.74) is 3.15. The Bertz CT molecular complexity index is 613. The van der Waals surface area contributed by atoms with Gasteiger partial charge in [-0.25, -0.2) is 4.98 Å². The molecule has 2 aromatic rings. The first-order valence-corrected chi connectivity index (χ1v) is 8.95. The van der Waals surface area contributed by atoms with Crippen LogP contribution in [0.5, 0.6) is 0 Å². The number of benzene rings is 1. The van der Waals surface area contributed by atoms with Crippen LogP contribution in [-0.2, 0) is 4.79 Å². The average Bonchev–Trinajstić information content (AvgIpc) is 2.90. The highest BCUT2D eigenvalue weighted by atomic mass is 32.2. The van der Waals surface area contributed by atoms with E-state index >= 15 is 0 Å². The SMILES string of the molecule is CSc1nsc(SCC(=O)Nc2cccc(C)c2C)n1. The van der Waals surface area contributed by atoms with Crippen molar-refractivity contribution in [3.63, 3.8) is 0 Å². The number of anilines is 1. The lowest BCUT2D eigenvalue weighted by Gasteiger charge is -2.09. The van der Waals surface area contributed by atoms with Gasteiger partial charge in [0.25, 0.3) is 0 Å². The molecule has 1 aromatic heterocycles. The molecule has 0 fully saturated rings. The molecule has 0 radical (unpaired) electrons. The normalized spacial score (nSPS) is 10.6. The van der Waals surface area contributed by atoms with E-state index in [1.54, 1.807) is 0 Å². The Morgan fingerprint density at radius 3 is 2.90 bits per heavy atom. The molecule has 0 bridgehead atoms. The monoisotopic (exact) mass is 325 g/mol. The number of hydrogen-bond acceptors (Lipinski definition) is 6. The second-order valence-corrected chi connectivity index (χ2v) is 6.88. The Kier molecular flexibility index (Phi) is 5.45. The van der Waals surface area contributed by atoms with Crippen LogP contribution in [0.3, 0.4) is 0 Å². The van der Waals surface area contributed by atoms with Crippen LogP contribution in [0.1, 0.15) is 11.1 Å². The van der Waals surface area contributed by atoms with Gasteiger partial charge in [-0.05, 0) is 48.8 Å². The summed E-state index contributed by atoms with van der Waals surface area (Å²) in [4.78, 5) is 16.2. The number of amides is 1. The van der Waals surface area contributed by atoms with E-state index in [4.69, 9.17) is 0 Å². The molecule has 106 valence electrons. The first-order chi connectivity index (χ1) is 9.60. The number of nitrogens with zero attached hydrogens (tertiary/aromatic N) is 2. The maximum atomic E-state index is 11.9. The van der Waals surface area contributed by atoms with E-state index in [9.17, 15) is 4.79 Å². The highest BCUT2D eigenvalue weighted by Crippen LogP contribution is 2.24.